The van der Waals surface area contributed by atoms with Crippen molar-refractivity contribution in [2.45, 2.75) is 43.4 Å². The Balaban J connectivity index is 1.17. The van der Waals surface area contributed by atoms with E-state index in [1.807, 2.05) is 37.4 Å². The highest BCUT2D eigenvalue weighted by Gasteiger charge is 2.38. The topological polar surface area (TPSA) is 58.2 Å². The second-order valence-electron chi connectivity index (χ2n) is 7.95. The third-order valence-electron chi connectivity index (χ3n) is 6.28. The van der Waals surface area contributed by atoms with E-state index in [1.54, 1.807) is 0 Å². The molecule has 1 aliphatic carbocycles. The summed E-state index contributed by atoms with van der Waals surface area (Å²) in [6.07, 6.45) is 4.06. The van der Waals surface area contributed by atoms with Crippen LogP contribution in [0.4, 0.5) is 0 Å². The zero-order valence-corrected chi connectivity index (χ0v) is 16.7. The molecular weight excluding hydrogens is 370 g/mol. The third-order valence-corrected chi connectivity index (χ3v) is 6.28. The molecule has 1 atom stereocenters. The lowest BCUT2D eigenvalue weighted by atomic mass is 9.77. The molecule has 0 unspecified atom stereocenters. The van der Waals surface area contributed by atoms with Crippen molar-refractivity contribution >= 4 is 0 Å². The first-order valence-corrected chi connectivity index (χ1v) is 10.3. The van der Waals surface area contributed by atoms with Crippen molar-refractivity contribution in [1.29, 1.82) is 0 Å². The summed E-state index contributed by atoms with van der Waals surface area (Å²) in [4.78, 5) is 0. The van der Waals surface area contributed by atoms with Gasteiger partial charge in [-0.05, 0) is 55.5 Å². The number of para-hydroxylation sites is 2. The SMILES string of the molecule is COC1(c2ccc3c(c2)OCO3)CCC(NC[C@@H]2COc3ccccc3O2)CC1. The Bertz CT molecular complexity index is 862. The minimum absolute atomic E-state index is 0.0351. The Morgan fingerprint density at radius 3 is 2.55 bits per heavy atom. The largest absolute Gasteiger partial charge is 0.486 e. The number of nitrogens with one attached hydrogen (secondary N) is 1. The van der Waals surface area contributed by atoms with Gasteiger partial charge in [0.15, 0.2) is 23.0 Å². The molecule has 154 valence electrons. The van der Waals surface area contributed by atoms with Gasteiger partial charge in [0.2, 0.25) is 6.79 Å². The van der Waals surface area contributed by atoms with E-state index in [9.17, 15) is 0 Å². The number of hydrogen-bond acceptors (Lipinski definition) is 6. The van der Waals surface area contributed by atoms with E-state index < -0.39 is 0 Å². The summed E-state index contributed by atoms with van der Waals surface area (Å²) in [5, 5.41) is 3.67. The van der Waals surface area contributed by atoms with Crippen LogP contribution >= 0.6 is 0 Å². The first-order chi connectivity index (χ1) is 14.3. The van der Waals surface area contributed by atoms with E-state index in [1.165, 1.54) is 5.56 Å². The molecule has 0 aromatic heterocycles. The predicted octanol–water partition coefficient (Wildman–Crippen LogP) is 3.63. The lowest BCUT2D eigenvalue weighted by Gasteiger charge is -2.40. The molecule has 1 saturated carbocycles. The monoisotopic (exact) mass is 397 g/mol. The van der Waals surface area contributed by atoms with Crippen molar-refractivity contribution in [2.24, 2.45) is 0 Å². The van der Waals surface area contributed by atoms with Gasteiger partial charge in [-0.2, -0.15) is 0 Å². The van der Waals surface area contributed by atoms with Crippen LogP contribution in [0.5, 0.6) is 23.0 Å². The summed E-state index contributed by atoms with van der Waals surface area (Å²) in [5.41, 5.74) is 0.908. The smallest absolute Gasteiger partial charge is 0.231 e. The predicted molar refractivity (Wildman–Crippen MR) is 108 cm³/mol. The van der Waals surface area contributed by atoms with Gasteiger partial charge in [0, 0.05) is 19.7 Å². The van der Waals surface area contributed by atoms with Gasteiger partial charge in [-0.15, -0.1) is 0 Å². The number of hydrogen-bond donors (Lipinski definition) is 1. The summed E-state index contributed by atoms with van der Waals surface area (Å²) in [6.45, 7) is 1.65. The van der Waals surface area contributed by atoms with E-state index >= 15 is 0 Å². The van der Waals surface area contributed by atoms with Crippen LogP contribution in [0.1, 0.15) is 31.2 Å². The molecule has 0 spiro atoms. The van der Waals surface area contributed by atoms with Gasteiger partial charge in [-0.25, -0.2) is 0 Å². The van der Waals surface area contributed by atoms with E-state index in [4.69, 9.17) is 23.7 Å². The molecule has 2 heterocycles. The molecule has 0 saturated heterocycles. The molecule has 3 aliphatic rings. The maximum atomic E-state index is 6.06. The second kappa shape index (κ2) is 7.76. The molecule has 6 heteroatoms. The molecule has 5 rings (SSSR count). The zero-order chi connectivity index (χ0) is 19.7. The molecule has 2 aliphatic heterocycles. The molecule has 29 heavy (non-hydrogen) atoms. The van der Waals surface area contributed by atoms with Crippen LogP contribution < -0.4 is 24.3 Å². The van der Waals surface area contributed by atoms with E-state index in [0.29, 0.717) is 19.4 Å². The van der Waals surface area contributed by atoms with Gasteiger partial charge in [0.05, 0.1) is 5.60 Å². The number of fused-ring (bicyclic) bond motifs is 2. The fraction of sp³-hybridized carbons (Fsp3) is 0.478. The van der Waals surface area contributed by atoms with Crippen LogP contribution in [0.2, 0.25) is 0 Å². The second-order valence-corrected chi connectivity index (χ2v) is 7.95. The van der Waals surface area contributed by atoms with Gasteiger partial charge in [0.1, 0.15) is 12.7 Å². The minimum atomic E-state index is -0.261. The average Bonchev–Trinajstić information content (AvgIpc) is 3.26. The van der Waals surface area contributed by atoms with Crippen LogP contribution in [-0.4, -0.2) is 39.2 Å². The van der Waals surface area contributed by atoms with Crippen molar-refractivity contribution in [3.05, 3.63) is 48.0 Å². The van der Waals surface area contributed by atoms with Crippen molar-refractivity contribution in [2.75, 3.05) is 27.1 Å². The summed E-state index contributed by atoms with van der Waals surface area (Å²) >= 11 is 0. The standard InChI is InChI=1S/C23H27NO5/c1-25-23(16-6-7-20-22(12-16)28-15-27-20)10-8-17(9-11-23)24-13-18-14-26-19-4-2-3-5-21(19)29-18/h2-7,12,17-18,24H,8-11,13-15H2,1H3/t17?,18-,23?/m1/s1. The first kappa shape index (κ1) is 18.6. The van der Waals surface area contributed by atoms with Crippen LogP contribution in [-0.2, 0) is 10.3 Å². The van der Waals surface area contributed by atoms with Gasteiger partial charge < -0.3 is 29.0 Å². The van der Waals surface area contributed by atoms with Gasteiger partial charge in [0.25, 0.3) is 0 Å². The van der Waals surface area contributed by atoms with Crippen LogP contribution in [0.3, 0.4) is 0 Å². The molecule has 0 bridgehead atoms. The Hall–Kier alpha value is -2.44. The minimum Gasteiger partial charge on any atom is -0.486 e. The van der Waals surface area contributed by atoms with E-state index in [-0.39, 0.29) is 11.7 Å². The van der Waals surface area contributed by atoms with Gasteiger partial charge in [-0.3, -0.25) is 0 Å². The summed E-state index contributed by atoms with van der Waals surface area (Å²) in [7, 11) is 1.81. The zero-order valence-electron chi connectivity index (χ0n) is 16.7. The van der Waals surface area contributed by atoms with Crippen LogP contribution in [0.15, 0.2) is 42.5 Å². The number of methoxy groups -OCH3 is 1. The quantitative estimate of drug-likeness (QED) is 0.832. The Morgan fingerprint density at radius 1 is 0.966 bits per heavy atom. The maximum absolute atomic E-state index is 6.06. The summed E-state index contributed by atoms with van der Waals surface area (Å²) in [6, 6.07) is 14.5. The Kier molecular flexibility index (Phi) is 4.97. The highest BCUT2D eigenvalue weighted by Crippen LogP contribution is 2.44. The highest BCUT2D eigenvalue weighted by atomic mass is 16.7. The van der Waals surface area contributed by atoms with Gasteiger partial charge in [-0.1, -0.05) is 18.2 Å². The Labute approximate surface area is 171 Å². The van der Waals surface area contributed by atoms with E-state index in [0.717, 1.165) is 55.2 Å². The number of ether oxygens (including phenoxy) is 5. The van der Waals surface area contributed by atoms with Crippen LogP contribution in [0.25, 0.3) is 0 Å². The molecule has 6 nitrogen and oxygen atoms in total. The molecule has 1 N–H and O–H groups in total. The highest BCUT2D eigenvalue weighted by molar-refractivity contribution is 5.46. The number of rotatable bonds is 5. The van der Waals surface area contributed by atoms with E-state index in [2.05, 4.69) is 17.4 Å². The van der Waals surface area contributed by atoms with Crippen molar-refractivity contribution in [1.82, 2.24) is 5.32 Å². The molecule has 0 amide bonds. The Morgan fingerprint density at radius 2 is 1.72 bits per heavy atom. The lowest BCUT2D eigenvalue weighted by molar-refractivity contribution is -0.0508. The summed E-state index contributed by atoms with van der Waals surface area (Å²) in [5.74, 6) is 3.28. The first-order valence-electron chi connectivity index (χ1n) is 10.3. The normalized spacial score (nSPS) is 27.6. The third kappa shape index (κ3) is 3.63. The summed E-state index contributed by atoms with van der Waals surface area (Å²) < 4.78 is 28.9. The molecular formula is C23H27NO5. The lowest BCUT2D eigenvalue weighted by Crippen LogP contribution is -2.46. The van der Waals surface area contributed by atoms with Crippen LogP contribution in [0, 0.1) is 0 Å². The van der Waals surface area contributed by atoms with Crippen molar-refractivity contribution in [3.63, 3.8) is 0 Å². The molecule has 1 fully saturated rings. The fourth-order valence-electron chi connectivity index (χ4n) is 4.54. The maximum Gasteiger partial charge on any atom is 0.231 e. The average molecular weight is 397 g/mol. The van der Waals surface area contributed by atoms with Gasteiger partial charge >= 0.3 is 0 Å². The van der Waals surface area contributed by atoms with Crippen molar-refractivity contribution in [3.8, 4) is 23.0 Å². The molecule has 2 aromatic rings. The van der Waals surface area contributed by atoms with Crippen molar-refractivity contribution < 1.29 is 23.7 Å². The molecule has 2 aromatic carbocycles. The number of benzene rings is 2. The molecule has 0 radical (unpaired) electrons. The fourth-order valence-corrected chi connectivity index (χ4v) is 4.54.